The van der Waals surface area contributed by atoms with Gasteiger partial charge in [-0.2, -0.15) is 0 Å². The number of cyclic esters (lactones) is 3. The van der Waals surface area contributed by atoms with Crippen LogP contribution in [0.5, 0.6) is 0 Å². The number of hydrogen-bond donors (Lipinski definition) is 10. The van der Waals surface area contributed by atoms with E-state index in [1.165, 1.54) is 37.5 Å². The van der Waals surface area contributed by atoms with Gasteiger partial charge in [0.2, 0.25) is 42.8 Å². The Morgan fingerprint density at radius 1 is 0.443 bits per heavy atom. The molecule has 3 aliphatic carbocycles. The topological polar surface area (TPSA) is 484 Å². The van der Waals surface area contributed by atoms with Crippen molar-refractivity contribution in [2.75, 3.05) is 39.5 Å². The third kappa shape index (κ3) is 25.6. The average molecular weight is 2130 g/mol. The zero-order valence-corrected chi connectivity index (χ0v) is 92.3. The van der Waals surface area contributed by atoms with E-state index in [2.05, 4.69) is 84.4 Å². The molecule has 0 aromatic heterocycles. The van der Waals surface area contributed by atoms with E-state index in [1.54, 1.807) is 79.7 Å². The summed E-state index contributed by atoms with van der Waals surface area (Å²) >= 11 is 0. The molecule has 0 radical (unpaired) electrons. The fourth-order valence-corrected chi connectivity index (χ4v) is 28.9. The first-order chi connectivity index (χ1) is 69.9. The molecule has 818 valence electrons. The summed E-state index contributed by atoms with van der Waals surface area (Å²) in [4.78, 5) is 218. The molecule has 0 spiro atoms. The minimum absolute atomic E-state index is 0.00111. The number of carbonyl (C=O) groups is 12. The molecular formula is C109H157N12O25P3. The van der Waals surface area contributed by atoms with Crippen molar-refractivity contribution in [3.05, 3.63) is 148 Å². The number of rotatable bonds is 14. The van der Waals surface area contributed by atoms with E-state index in [0.717, 1.165) is 110 Å². The van der Waals surface area contributed by atoms with E-state index in [9.17, 15) is 90.8 Å². The Balaban J connectivity index is 0.000000177. The van der Waals surface area contributed by atoms with Crippen LogP contribution in [0, 0.1) is 44.8 Å². The SMILES string of the molecule is C=C[C@@H]1C[C@]1(NC(=O)[C@@H]1C[C@@H]2CN1C(=O)[C@H](C(C)(C)C)NC(=O)OCCCCCCc1cccc3c1CN(C3)C(=O)O2)P(=O)(O)O.CC[C@@H]1C[C@]1(NC(=O)[C@@H]1C[C@@H]2CN1C(=O)[C@H](C(C)(C)C)NC(=O)OCC(C)(C)CCCCc1cccc3c1CN(C3)C(=O)O2)P(=O)(O)C(C)C.CC[C@@H]1C[C@]1(NC(=O)[C@@H]1C[C@@H]2CN1C(=O)[C@H](C(C)(C)C)NC(=O)OCC(C)(C)CCCCc1cccc3c1CN(C3)C(=O)O2)P(=O)(O)c1ccccc1. The van der Waals surface area contributed by atoms with Gasteiger partial charge < -0.3 is 94.6 Å². The number of hydrogen-bond acceptors (Lipinski definition) is 21. The Kier molecular flexibility index (Phi) is 34.6. The van der Waals surface area contributed by atoms with E-state index in [1.807, 2.05) is 91.8 Å². The van der Waals surface area contributed by atoms with Crippen LogP contribution in [0.1, 0.15) is 283 Å². The molecule has 37 nitrogen and oxygen atoms in total. The number of nitrogens with one attached hydrogen (secondary N) is 6. The first-order valence-electron chi connectivity index (χ1n) is 53.1. The normalized spacial score (nSPS) is 29.5. The standard InChI is InChI=1S/C40H55N4O8P.C37H57N4O8P.C32H45N4O9P/c1-7-28-21-40(28,53(49,50)30-17-9-8-10-18-30)42-34(45)32-20-29-23-44(32)35(46)33(38(2,3)4)41-36(47)51-25-39(5,6)19-12-11-14-26-15-13-16-27-22-43(24-31(26)27)37(48)52-29;1-9-26-18-37(26,50(46,47)23(2)3)39-31(42)29-17-27-20-41(29)32(43)30(35(4,5)6)38-33(44)48-22-36(7,8)16-11-10-13-24-14-12-15-25-19-40(21-28(24)25)34(45)49-27;1-5-22-16-32(22,46(41,42)43)34-27(37)25-15-23-18-36(25)28(38)26(31(2,3)4)33-29(39)44-14-9-7-6-8-11-20-12-10-13-21-17-35(19-24(20)21)30(40)45-23/h8-10,13,15-18,28-29,32-33H,7,11-12,14,19-25H2,1-6H3,(H,41,47)(H,42,45)(H,49,50);12,14-15,23,26-27,29-30H,9-11,13,16-22H2,1-8H3,(H,38,44)(H,39,42)(H,46,47);5,10,12-13,22-23,25-26H,1,6-9,11,14-19H2,2-4H3,(H,33,39)(H,34,37)(H2,41,42,43)/t28-,29-,32+,33-,40+;26-,27-,29+,30-,37+;22-,23-,25+,26-,32+/m111/s1. The molecule has 4 aromatic rings. The number of ether oxygens (including phenoxy) is 6. The van der Waals surface area contributed by atoms with Crippen LogP contribution in [-0.2, 0) is 129 Å². The number of alkyl carbamates (subject to hydrolysis) is 3. The second-order valence-corrected chi connectivity index (χ2v) is 55.5. The first-order valence-corrected chi connectivity index (χ1v) is 58.1. The van der Waals surface area contributed by atoms with Gasteiger partial charge in [-0.3, -0.25) is 57.2 Å². The Labute approximate surface area is 875 Å². The maximum absolute atomic E-state index is 14.6. The minimum Gasteiger partial charge on any atom is -0.450 e. The van der Waals surface area contributed by atoms with Crippen LogP contribution in [-0.4, -0.2) is 236 Å². The van der Waals surface area contributed by atoms with Gasteiger partial charge in [0.05, 0.1) is 39.5 Å². The Morgan fingerprint density at radius 2 is 0.779 bits per heavy atom. The quantitative estimate of drug-likeness (QED) is 0.0318. The predicted molar refractivity (Wildman–Crippen MR) is 557 cm³/mol. The number of nitrogens with zero attached hydrogens (tertiary/aromatic N) is 6. The van der Waals surface area contributed by atoms with Crippen LogP contribution in [0.2, 0.25) is 0 Å². The lowest BCUT2D eigenvalue weighted by Gasteiger charge is -2.36. The van der Waals surface area contributed by atoms with Crippen molar-refractivity contribution in [1.29, 1.82) is 0 Å². The minimum atomic E-state index is -4.80. The number of amides is 12. The molecule has 9 aliphatic heterocycles. The Hall–Kier alpha value is -10.4. The van der Waals surface area contributed by atoms with E-state index >= 15 is 0 Å². The fraction of sp³-hybridized carbons (Fsp3) is 0.651. The van der Waals surface area contributed by atoms with Crippen molar-refractivity contribution in [3.8, 4) is 0 Å². The van der Waals surface area contributed by atoms with Gasteiger partial charge >= 0.3 is 44.2 Å². The maximum atomic E-state index is 14.6. The van der Waals surface area contributed by atoms with Crippen LogP contribution < -0.4 is 37.2 Å². The lowest BCUT2D eigenvalue weighted by molar-refractivity contribution is -0.142. The van der Waals surface area contributed by atoms with Crippen LogP contribution in [0.4, 0.5) is 28.8 Å². The Bertz CT molecular complexity index is 5860. The van der Waals surface area contributed by atoms with Gasteiger partial charge in [-0.1, -0.05) is 235 Å². The summed E-state index contributed by atoms with van der Waals surface area (Å²) in [5, 5.41) is 12.4. The van der Waals surface area contributed by atoms with Crippen molar-refractivity contribution in [2.45, 2.75) is 368 Å². The highest BCUT2D eigenvalue weighted by molar-refractivity contribution is 7.68. The number of aryl methyl sites for hydroxylation is 3. The lowest BCUT2D eigenvalue weighted by Crippen LogP contribution is -2.58. The highest BCUT2D eigenvalue weighted by atomic mass is 31.2. The van der Waals surface area contributed by atoms with Crippen LogP contribution in [0.15, 0.2) is 97.6 Å². The predicted octanol–water partition coefficient (Wildman–Crippen LogP) is 15.3. The first kappa shape index (κ1) is 114. The molecule has 40 heteroatoms. The second kappa shape index (κ2) is 45.1. The van der Waals surface area contributed by atoms with Crippen molar-refractivity contribution in [3.63, 3.8) is 0 Å². The van der Waals surface area contributed by atoms with E-state index < -0.39 is 193 Å². The summed E-state index contributed by atoms with van der Waals surface area (Å²) in [6.07, 6.45) is 8.14. The molecule has 3 saturated carbocycles. The van der Waals surface area contributed by atoms with Crippen molar-refractivity contribution >= 4 is 99.6 Å². The largest absolute Gasteiger partial charge is 0.450 e. The highest BCUT2D eigenvalue weighted by Crippen LogP contribution is 2.73. The lowest BCUT2D eigenvalue weighted by atomic mass is 9.85. The summed E-state index contributed by atoms with van der Waals surface area (Å²) < 4.78 is 75.0. The summed E-state index contributed by atoms with van der Waals surface area (Å²) in [5.41, 5.74) is 6.59. The third-order valence-electron chi connectivity index (χ3n) is 32.2. The number of benzene rings is 4. The highest BCUT2D eigenvalue weighted by Gasteiger charge is 2.70. The molecule has 9 heterocycles. The third-order valence-corrected chi connectivity index (χ3v) is 39.8. The maximum Gasteiger partial charge on any atom is 0.410 e. The van der Waals surface area contributed by atoms with E-state index in [0.29, 0.717) is 71.4 Å². The summed E-state index contributed by atoms with van der Waals surface area (Å²) in [7, 11) is -12.8. The van der Waals surface area contributed by atoms with Gasteiger partial charge in [0.25, 0.3) is 7.37 Å². The number of fused-ring (bicyclic) bond motifs is 9. The molecule has 149 heavy (non-hydrogen) atoms. The van der Waals surface area contributed by atoms with E-state index in [-0.39, 0.29) is 93.1 Å². The molecular weight excluding hydrogens is 1970 g/mol. The molecule has 17 atom stereocenters. The van der Waals surface area contributed by atoms with Crippen LogP contribution in [0.3, 0.4) is 0 Å². The molecule has 4 aromatic carbocycles. The second-order valence-electron chi connectivity index (χ2n) is 48.1. The van der Waals surface area contributed by atoms with Crippen molar-refractivity contribution in [2.24, 2.45) is 44.8 Å². The molecule has 12 aliphatic rings. The summed E-state index contributed by atoms with van der Waals surface area (Å²) in [6.45, 7) is 37.8. The zero-order valence-electron chi connectivity index (χ0n) is 89.6. The average Bonchev–Trinajstić information content (AvgIpc) is 1.55. The monoisotopic (exact) mass is 2130 g/mol. The van der Waals surface area contributed by atoms with Gasteiger partial charge in [-0.25, -0.2) is 28.8 Å². The van der Waals surface area contributed by atoms with Gasteiger partial charge in [-0.15, -0.1) is 6.58 Å². The van der Waals surface area contributed by atoms with E-state index in [4.69, 9.17) is 28.4 Å². The summed E-state index contributed by atoms with van der Waals surface area (Å²) in [6, 6.07) is 19.9. The summed E-state index contributed by atoms with van der Waals surface area (Å²) in [5.74, 6) is -4.69. The fourth-order valence-electron chi connectivity index (χ4n) is 22.8. The van der Waals surface area contributed by atoms with Crippen molar-refractivity contribution < 1.29 is 119 Å². The van der Waals surface area contributed by atoms with Gasteiger partial charge in [0.15, 0.2) is 0 Å². The van der Waals surface area contributed by atoms with Crippen LogP contribution in [0.25, 0.3) is 0 Å². The van der Waals surface area contributed by atoms with Gasteiger partial charge in [-0.05, 0) is 178 Å². The molecule has 12 bridgehead atoms. The van der Waals surface area contributed by atoms with Crippen molar-refractivity contribution in [1.82, 2.24) is 61.3 Å². The van der Waals surface area contributed by atoms with Gasteiger partial charge in [0.1, 0.15) is 70.4 Å². The molecule has 16 rings (SSSR count). The molecule has 2 unspecified atom stereocenters. The molecule has 6 fully saturated rings. The Morgan fingerprint density at radius 3 is 1.11 bits per heavy atom. The van der Waals surface area contributed by atoms with Crippen LogP contribution >= 0.6 is 22.3 Å². The molecule has 12 amide bonds. The number of carbonyl (C=O) groups excluding carboxylic acids is 12. The smallest absolute Gasteiger partial charge is 0.410 e. The molecule has 3 saturated heterocycles. The molecule has 10 N–H and O–H groups in total. The zero-order chi connectivity index (χ0) is 109. The van der Waals surface area contributed by atoms with Gasteiger partial charge in [0, 0.05) is 75.4 Å².